The lowest BCUT2D eigenvalue weighted by atomic mass is 10.1. The maximum absolute atomic E-state index is 7.25. The second kappa shape index (κ2) is 22.5. The smallest absolute Gasteiger partial charge is 0.232 e. The molecule has 8 heteroatoms. The molecule has 0 bridgehead atoms. The Morgan fingerprint density at radius 3 is 0.949 bits per heavy atom. The first kappa shape index (κ1) is 50.1. The third-order valence-electron chi connectivity index (χ3n) is 14.6. The van der Waals surface area contributed by atoms with E-state index in [-0.39, 0.29) is 0 Å². The van der Waals surface area contributed by atoms with Gasteiger partial charge in [0.15, 0.2) is 8.07 Å². The van der Waals surface area contributed by atoms with Gasteiger partial charge in [-0.2, -0.15) is 10.2 Å². The molecule has 0 unspecified atom stereocenters. The Balaban J connectivity index is 0.000000128. The standard InChI is InChI=1S/C35H26N2Si.C18H15ClSi.C17H11BrN2/c1-4-13-30(14-5-1)38(31-15-6-2-7-16-31,32-17-8-3-9-18-32)33-24-21-27(22-25-33)34-26-29-23-20-28-12-10-11-19-35(28)37(29)36-34;19-20(16-10-4-1-5-11-16,17-12-6-2-7-13-17)18-14-8-3-9-15-18;18-14-8-5-12(6-9-14)16-11-15-10-7-13-3-1-2-4-17(13)20(15)19-16/h1-26H;1-15H;1-11H. The molecule has 14 rings (SSSR count). The van der Waals surface area contributed by atoms with Crippen LogP contribution in [-0.2, 0) is 0 Å². The fraction of sp³-hybridized carbons (Fsp3) is 0. The van der Waals surface area contributed by atoms with Crippen LogP contribution in [0.4, 0.5) is 0 Å². The van der Waals surface area contributed by atoms with Crippen molar-refractivity contribution in [1.29, 1.82) is 0 Å². The number of hydrogen-bond acceptors (Lipinski definition) is 2. The topological polar surface area (TPSA) is 34.6 Å². The highest BCUT2D eigenvalue weighted by Crippen LogP contribution is 2.26. The van der Waals surface area contributed by atoms with Crippen LogP contribution in [0.25, 0.3) is 55.4 Å². The van der Waals surface area contributed by atoms with Crippen molar-refractivity contribution in [3.05, 3.63) is 320 Å². The molecule has 0 atom stereocenters. The third kappa shape index (κ3) is 9.85. The fourth-order valence-corrected chi connectivity index (χ4v) is 19.9. The first-order chi connectivity index (χ1) is 38.5. The summed E-state index contributed by atoms with van der Waals surface area (Å²) in [6.45, 7) is 0. The van der Waals surface area contributed by atoms with Gasteiger partial charge in [0, 0.05) is 26.4 Å². The largest absolute Gasteiger partial charge is 0.247 e. The van der Waals surface area contributed by atoms with Gasteiger partial charge in [-0.1, -0.05) is 283 Å². The molecule has 0 aliphatic carbocycles. The van der Waals surface area contributed by atoms with Crippen LogP contribution >= 0.6 is 27.0 Å². The molecule has 0 amide bonds. The number of pyridine rings is 2. The molecular formula is C70H52BrClN4Si2. The molecule has 0 N–H and O–H groups in total. The minimum atomic E-state index is -2.52. The molecule has 0 aliphatic rings. The Morgan fingerprint density at radius 1 is 0.295 bits per heavy atom. The number of nitrogens with zero attached hydrogens (tertiary/aromatic N) is 4. The van der Waals surface area contributed by atoms with Crippen LogP contribution in [0.2, 0.25) is 0 Å². The first-order valence-corrected chi connectivity index (χ1v) is 31.9. The van der Waals surface area contributed by atoms with Crippen LogP contribution < -0.4 is 36.3 Å². The number of aromatic nitrogens is 4. The second-order valence-electron chi connectivity index (χ2n) is 19.2. The predicted octanol–water partition coefficient (Wildman–Crippen LogP) is 13.3. The van der Waals surface area contributed by atoms with E-state index in [4.69, 9.17) is 21.3 Å². The van der Waals surface area contributed by atoms with Crippen LogP contribution in [0.3, 0.4) is 0 Å². The monoisotopic (exact) mass is 1120 g/mol. The molecule has 0 spiro atoms. The second-order valence-corrected chi connectivity index (χ2v) is 28.7. The highest BCUT2D eigenvalue weighted by molar-refractivity contribution is 9.10. The zero-order valence-corrected chi connectivity index (χ0v) is 46.9. The molecule has 0 aliphatic heterocycles. The van der Waals surface area contributed by atoms with Crippen molar-refractivity contribution in [3.8, 4) is 22.5 Å². The van der Waals surface area contributed by atoms with E-state index < -0.39 is 15.5 Å². The van der Waals surface area contributed by atoms with Crippen LogP contribution in [0.1, 0.15) is 0 Å². The average molecular weight is 1120 g/mol. The number of hydrogen-bond donors (Lipinski definition) is 0. The highest BCUT2D eigenvalue weighted by Gasteiger charge is 2.41. The molecule has 374 valence electrons. The van der Waals surface area contributed by atoms with Gasteiger partial charge in [0.1, 0.15) is 0 Å². The minimum absolute atomic E-state index is 0.985. The third-order valence-corrected chi connectivity index (χ3v) is 25.2. The average Bonchev–Trinajstić information content (AvgIpc) is 4.30. The van der Waals surface area contributed by atoms with E-state index in [1.165, 1.54) is 47.1 Å². The number of para-hydroxylation sites is 2. The molecule has 0 fully saturated rings. The summed E-state index contributed by atoms with van der Waals surface area (Å²) in [6, 6.07) is 111. The van der Waals surface area contributed by atoms with Gasteiger partial charge in [0.25, 0.3) is 0 Å². The maximum atomic E-state index is 7.25. The molecular weight excluding hydrogens is 1070 g/mol. The summed E-state index contributed by atoms with van der Waals surface area (Å²) in [4.78, 5) is 0. The summed E-state index contributed by atoms with van der Waals surface area (Å²) in [5.74, 6) is 0. The van der Waals surface area contributed by atoms with E-state index in [1.54, 1.807) is 0 Å². The Hall–Kier alpha value is -8.70. The molecule has 4 nitrogen and oxygen atoms in total. The number of benzene rings is 10. The quantitative estimate of drug-likeness (QED) is 0.0820. The predicted molar refractivity (Wildman–Crippen MR) is 337 cm³/mol. The van der Waals surface area contributed by atoms with Gasteiger partial charge in [-0.05, 0) is 84.8 Å². The summed E-state index contributed by atoms with van der Waals surface area (Å²) in [7, 11) is -4.92. The lowest BCUT2D eigenvalue weighted by Crippen LogP contribution is -2.74. The SMILES string of the molecule is Brc1ccc(-c2cc3ccc4ccccc4n3n2)cc1.Cl[Si](c1ccccc1)(c1ccccc1)c1ccccc1.c1ccc([Si](c2ccccc2)(c2ccccc2)c2ccc(-c3cc4ccc5ccccc5n4n3)cc2)cc1. The molecule has 10 aromatic carbocycles. The Labute approximate surface area is 470 Å². The van der Waals surface area contributed by atoms with Gasteiger partial charge >= 0.3 is 0 Å². The van der Waals surface area contributed by atoms with Crippen molar-refractivity contribution in [2.45, 2.75) is 0 Å². The van der Waals surface area contributed by atoms with Crippen molar-refractivity contribution >= 4 is 112 Å². The minimum Gasteiger partial charge on any atom is -0.232 e. The van der Waals surface area contributed by atoms with Crippen molar-refractivity contribution in [1.82, 2.24) is 19.2 Å². The van der Waals surface area contributed by atoms with Gasteiger partial charge in [-0.3, -0.25) is 0 Å². The van der Waals surface area contributed by atoms with Gasteiger partial charge in [-0.15, -0.1) is 11.1 Å². The van der Waals surface area contributed by atoms with E-state index in [9.17, 15) is 0 Å². The van der Waals surface area contributed by atoms with Crippen molar-refractivity contribution in [3.63, 3.8) is 0 Å². The lowest BCUT2D eigenvalue weighted by Gasteiger charge is -2.34. The summed E-state index contributed by atoms with van der Waals surface area (Å²) >= 11 is 10.7. The van der Waals surface area contributed by atoms with Crippen molar-refractivity contribution in [2.75, 3.05) is 0 Å². The van der Waals surface area contributed by atoms with E-state index in [0.717, 1.165) is 49.1 Å². The highest BCUT2D eigenvalue weighted by atomic mass is 79.9. The van der Waals surface area contributed by atoms with Gasteiger partial charge in [0.05, 0.1) is 33.5 Å². The maximum Gasteiger partial charge on any atom is 0.247 e. The Morgan fingerprint density at radius 2 is 0.590 bits per heavy atom. The molecule has 4 aromatic heterocycles. The molecule has 0 radical (unpaired) electrons. The molecule has 4 heterocycles. The van der Waals surface area contributed by atoms with Crippen LogP contribution in [0.5, 0.6) is 0 Å². The fourth-order valence-electron chi connectivity index (χ4n) is 10.8. The molecule has 78 heavy (non-hydrogen) atoms. The zero-order valence-electron chi connectivity index (χ0n) is 42.6. The lowest BCUT2D eigenvalue weighted by molar-refractivity contribution is 1.01. The molecule has 14 aromatic rings. The van der Waals surface area contributed by atoms with E-state index in [0.29, 0.717) is 0 Å². The number of rotatable bonds is 9. The normalized spacial score (nSPS) is 11.5. The number of fused-ring (bicyclic) bond motifs is 6. The first-order valence-electron chi connectivity index (χ1n) is 26.1. The van der Waals surface area contributed by atoms with E-state index >= 15 is 0 Å². The number of halogens is 2. The summed E-state index contributed by atoms with van der Waals surface area (Å²) in [5.41, 5.74) is 8.70. The summed E-state index contributed by atoms with van der Waals surface area (Å²) in [5, 5.41) is 21.3. The molecule has 0 saturated heterocycles. The summed E-state index contributed by atoms with van der Waals surface area (Å²) in [6.07, 6.45) is 0. The Kier molecular flexibility index (Phi) is 14.5. The van der Waals surface area contributed by atoms with Gasteiger partial charge in [-0.25, -0.2) is 9.03 Å². The Bertz CT molecular complexity index is 4060. The van der Waals surface area contributed by atoms with Crippen LogP contribution in [0.15, 0.2) is 320 Å². The van der Waals surface area contributed by atoms with Gasteiger partial charge < -0.3 is 0 Å². The van der Waals surface area contributed by atoms with Crippen molar-refractivity contribution < 1.29 is 0 Å². The van der Waals surface area contributed by atoms with E-state index in [1.807, 2.05) is 47.0 Å². The van der Waals surface area contributed by atoms with Crippen LogP contribution in [0, 0.1) is 0 Å². The molecule has 0 saturated carbocycles. The van der Waals surface area contributed by atoms with Gasteiger partial charge in [0.2, 0.25) is 7.38 Å². The van der Waals surface area contributed by atoms with E-state index in [2.05, 4.69) is 293 Å². The summed E-state index contributed by atoms with van der Waals surface area (Å²) < 4.78 is 5.14. The zero-order chi connectivity index (χ0) is 52.7. The van der Waals surface area contributed by atoms with Crippen molar-refractivity contribution in [2.24, 2.45) is 0 Å². The van der Waals surface area contributed by atoms with Crippen LogP contribution in [-0.4, -0.2) is 34.7 Å².